The molecule has 0 aliphatic carbocycles. The van der Waals surface area contributed by atoms with Gasteiger partial charge < -0.3 is 14.2 Å². The molecule has 0 fully saturated rings. The summed E-state index contributed by atoms with van der Waals surface area (Å²) in [6.07, 6.45) is 0. The van der Waals surface area contributed by atoms with E-state index >= 15 is 0 Å². The number of methoxy groups -OCH3 is 2. The maximum atomic E-state index is 13.2. The summed E-state index contributed by atoms with van der Waals surface area (Å²) in [4.78, 5) is 14.8. The van der Waals surface area contributed by atoms with Crippen molar-refractivity contribution in [1.82, 2.24) is 10.2 Å². The SMILES string of the molecule is CCOc1ccc(-c2nnc(N(CCOC)C(=O)c3ccccc3OC)s2)cc1. The molecule has 0 aliphatic rings. The Balaban J connectivity index is 1.88. The van der Waals surface area contributed by atoms with E-state index in [-0.39, 0.29) is 5.91 Å². The largest absolute Gasteiger partial charge is 0.496 e. The number of carbonyl (C=O) groups is 1. The Bertz CT molecular complexity index is 943. The lowest BCUT2D eigenvalue weighted by molar-refractivity contribution is 0.0972. The van der Waals surface area contributed by atoms with Crippen LogP contribution in [0.5, 0.6) is 11.5 Å². The first-order valence-electron chi connectivity index (χ1n) is 9.18. The molecule has 3 aromatic rings. The number of aromatic nitrogens is 2. The third kappa shape index (κ3) is 4.90. The minimum absolute atomic E-state index is 0.214. The summed E-state index contributed by atoms with van der Waals surface area (Å²) < 4.78 is 16.0. The van der Waals surface area contributed by atoms with Crippen LogP contribution in [-0.2, 0) is 4.74 Å². The summed E-state index contributed by atoms with van der Waals surface area (Å²) in [6, 6.07) is 14.8. The van der Waals surface area contributed by atoms with E-state index in [1.165, 1.54) is 11.3 Å². The second kappa shape index (κ2) is 9.99. The van der Waals surface area contributed by atoms with E-state index in [0.717, 1.165) is 16.3 Å². The van der Waals surface area contributed by atoms with E-state index in [0.29, 0.717) is 36.2 Å². The summed E-state index contributed by atoms with van der Waals surface area (Å²) in [5, 5.41) is 9.75. The predicted octanol–water partition coefficient (Wildman–Crippen LogP) is 3.91. The quantitative estimate of drug-likeness (QED) is 0.530. The average Bonchev–Trinajstić information content (AvgIpc) is 3.24. The van der Waals surface area contributed by atoms with Gasteiger partial charge in [0.05, 0.1) is 32.4 Å². The molecule has 0 saturated heterocycles. The molecule has 0 bridgehead atoms. The van der Waals surface area contributed by atoms with Crippen LogP contribution < -0.4 is 14.4 Å². The van der Waals surface area contributed by atoms with Crippen LogP contribution in [0.2, 0.25) is 0 Å². The molecular formula is C21H23N3O4S. The number of para-hydroxylation sites is 1. The van der Waals surface area contributed by atoms with Crippen molar-refractivity contribution in [3.8, 4) is 22.1 Å². The van der Waals surface area contributed by atoms with Crippen molar-refractivity contribution < 1.29 is 19.0 Å². The van der Waals surface area contributed by atoms with Gasteiger partial charge in [-0.3, -0.25) is 9.69 Å². The number of nitrogens with zero attached hydrogens (tertiary/aromatic N) is 3. The lowest BCUT2D eigenvalue weighted by atomic mass is 10.2. The first-order chi connectivity index (χ1) is 14.2. The van der Waals surface area contributed by atoms with Gasteiger partial charge in [-0.05, 0) is 43.3 Å². The van der Waals surface area contributed by atoms with Gasteiger partial charge in [0.25, 0.3) is 5.91 Å². The number of hydrogen-bond acceptors (Lipinski definition) is 7. The molecule has 152 valence electrons. The van der Waals surface area contributed by atoms with Gasteiger partial charge in [0.2, 0.25) is 5.13 Å². The highest BCUT2D eigenvalue weighted by atomic mass is 32.1. The van der Waals surface area contributed by atoms with Crippen LogP contribution in [-0.4, -0.2) is 50.1 Å². The second-order valence-electron chi connectivity index (χ2n) is 6.00. The topological polar surface area (TPSA) is 73.8 Å². The fraction of sp³-hybridized carbons (Fsp3) is 0.286. The van der Waals surface area contributed by atoms with E-state index in [2.05, 4.69) is 10.2 Å². The Morgan fingerprint density at radius 3 is 2.52 bits per heavy atom. The maximum absolute atomic E-state index is 13.2. The van der Waals surface area contributed by atoms with Crippen LogP contribution in [0.4, 0.5) is 5.13 Å². The molecule has 0 saturated carbocycles. The van der Waals surface area contributed by atoms with Gasteiger partial charge in [0, 0.05) is 12.7 Å². The smallest absolute Gasteiger partial charge is 0.263 e. The van der Waals surface area contributed by atoms with Gasteiger partial charge in [0.15, 0.2) is 0 Å². The highest BCUT2D eigenvalue weighted by Crippen LogP contribution is 2.31. The van der Waals surface area contributed by atoms with Crippen LogP contribution in [0, 0.1) is 0 Å². The Hall–Kier alpha value is -2.97. The Morgan fingerprint density at radius 1 is 1.07 bits per heavy atom. The average molecular weight is 413 g/mol. The van der Waals surface area contributed by atoms with Gasteiger partial charge in [0.1, 0.15) is 16.5 Å². The summed E-state index contributed by atoms with van der Waals surface area (Å²) in [5.41, 5.74) is 1.37. The first-order valence-corrected chi connectivity index (χ1v) is 10.00. The van der Waals surface area contributed by atoms with Crippen molar-refractivity contribution in [2.75, 3.05) is 38.9 Å². The first kappa shape index (κ1) is 20.8. The maximum Gasteiger partial charge on any atom is 0.263 e. The molecule has 0 unspecified atom stereocenters. The molecule has 2 aromatic carbocycles. The normalized spacial score (nSPS) is 10.6. The van der Waals surface area contributed by atoms with Gasteiger partial charge in [-0.2, -0.15) is 0 Å². The van der Waals surface area contributed by atoms with Gasteiger partial charge in [-0.15, -0.1) is 10.2 Å². The zero-order chi connectivity index (χ0) is 20.6. The van der Waals surface area contributed by atoms with E-state index < -0.39 is 0 Å². The van der Waals surface area contributed by atoms with E-state index in [9.17, 15) is 4.79 Å². The van der Waals surface area contributed by atoms with Gasteiger partial charge in [-0.1, -0.05) is 23.5 Å². The molecule has 29 heavy (non-hydrogen) atoms. The standard InChI is InChI=1S/C21H23N3O4S/c1-4-28-16-11-9-15(10-12-16)19-22-23-21(29-19)24(13-14-26-2)20(25)17-7-5-6-8-18(17)27-3/h5-12H,4,13-14H2,1-3H3. The Kier molecular flexibility index (Phi) is 7.15. The lowest BCUT2D eigenvalue weighted by Gasteiger charge is -2.20. The fourth-order valence-corrected chi connectivity index (χ4v) is 3.61. The number of carbonyl (C=O) groups excluding carboxylic acids is 1. The Labute approximate surface area is 173 Å². The van der Waals surface area contributed by atoms with Crippen molar-refractivity contribution in [1.29, 1.82) is 0 Å². The minimum atomic E-state index is -0.214. The number of amides is 1. The second-order valence-corrected chi connectivity index (χ2v) is 6.95. The van der Waals surface area contributed by atoms with Crippen LogP contribution in [0.3, 0.4) is 0 Å². The molecule has 7 nitrogen and oxygen atoms in total. The fourth-order valence-electron chi connectivity index (χ4n) is 2.73. The minimum Gasteiger partial charge on any atom is -0.496 e. The van der Waals surface area contributed by atoms with Crippen molar-refractivity contribution >= 4 is 22.4 Å². The summed E-state index contributed by atoms with van der Waals surface area (Å²) in [5.74, 6) is 1.10. The monoisotopic (exact) mass is 413 g/mol. The molecule has 8 heteroatoms. The van der Waals surface area contributed by atoms with Gasteiger partial charge >= 0.3 is 0 Å². The molecule has 0 radical (unpaired) electrons. The zero-order valence-corrected chi connectivity index (χ0v) is 17.4. The van der Waals surface area contributed by atoms with Crippen LogP contribution in [0.15, 0.2) is 48.5 Å². The molecule has 1 amide bonds. The van der Waals surface area contributed by atoms with E-state index in [1.807, 2.05) is 37.3 Å². The molecule has 0 aliphatic heterocycles. The summed E-state index contributed by atoms with van der Waals surface area (Å²) in [6.45, 7) is 3.28. The third-order valence-electron chi connectivity index (χ3n) is 4.16. The molecular weight excluding hydrogens is 390 g/mol. The van der Waals surface area contributed by atoms with Gasteiger partial charge in [-0.25, -0.2) is 0 Å². The number of rotatable bonds is 9. The molecule has 3 rings (SSSR count). The van der Waals surface area contributed by atoms with Crippen molar-refractivity contribution in [2.45, 2.75) is 6.92 Å². The number of benzene rings is 2. The predicted molar refractivity (Wildman–Crippen MR) is 113 cm³/mol. The summed E-state index contributed by atoms with van der Waals surface area (Å²) in [7, 11) is 3.14. The van der Waals surface area contributed by atoms with E-state index in [4.69, 9.17) is 14.2 Å². The van der Waals surface area contributed by atoms with Crippen LogP contribution in [0.1, 0.15) is 17.3 Å². The van der Waals surface area contributed by atoms with Crippen LogP contribution >= 0.6 is 11.3 Å². The van der Waals surface area contributed by atoms with Crippen molar-refractivity contribution in [3.63, 3.8) is 0 Å². The summed E-state index contributed by atoms with van der Waals surface area (Å²) >= 11 is 1.35. The Morgan fingerprint density at radius 2 is 1.83 bits per heavy atom. The molecule has 0 atom stereocenters. The van der Waals surface area contributed by atoms with E-state index in [1.54, 1.807) is 37.3 Å². The number of anilines is 1. The zero-order valence-electron chi connectivity index (χ0n) is 16.6. The molecule has 0 spiro atoms. The number of ether oxygens (including phenoxy) is 3. The third-order valence-corrected chi connectivity index (χ3v) is 5.15. The number of hydrogen-bond donors (Lipinski definition) is 0. The molecule has 0 N–H and O–H groups in total. The highest BCUT2D eigenvalue weighted by molar-refractivity contribution is 7.18. The molecule has 1 heterocycles. The molecule has 1 aromatic heterocycles. The van der Waals surface area contributed by atoms with Crippen LogP contribution in [0.25, 0.3) is 10.6 Å². The van der Waals surface area contributed by atoms with Crippen molar-refractivity contribution in [2.24, 2.45) is 0 Å². The highest BCUT2D eigenvalue weighted by Gasteiger charge is 2.24. The lowest BCUT2D eigenvalue weighted by Crippen LogP contribution is -2.34. The van der Waals surface area contributed by atoms with Crippen molar-refractivity contribution in [3.05, 3.63) is 54.1 Å².